The molecular weight excluding hydrogens is 328 g/mol. The molecule has 1 aliphatic heterocycles. The predicted molar refractivity (Wildman–Crippen MR) is 118 cm³/mol. The van der Waals surface area contributed by atoms with Gasteiger partial charge in [-0.1, -0.05) is 64.6 Å². The van der Waals surface area contributed by atoms with Crippen molar-refractivity contribution in [3.8, 4) is 0 Å². The maximum atomic E-state index is 4.35. The lowest BCUT2D eigenvalue weighted by Crippen LogP contribution is -2.42. The van der Waals surface area contributed by atoms with Gasteiger partial charge < -0.3 is 10.2 Å². The van der Waals surface area contributed by atoms with E-state index in [0.29, 0.717) is 0 Å². The van der Waals surface area contributed by atoms with E-state index >= 15 is 0 Å². The monoisotopic (exact) mass is 364 g/mol. The standard InChI is InChI=1S/C25H36N2/c1-7-8-20(17-19(2)27-15-13-26-14-16-27)21-9-10-22-23(18-21)25(5,6)12-11-24(22,3)4/h7-10,17-18,26H,2,11-16H2,1,3-6H3/b8-7-,20-17+. The average molecular weight is 365 g/mol. The molecule has 0 spiro atoms. The summed E-state index contributed by atoms with van der Waals surface area (Å²) in [6.45, 7) is 20.1. The number of nitrogens with one attached hydrogen (secondary N) is 1. The third kappa shape index (κ3) is 4.21. The topological polar surface area (TPSA) is 15.3 Å². The smallest absolute Gasteiger partial charge is 0.0303 e. The molecule has 146 valence electrons. The Hall–Kier alpha value is -1.80. The molecule has 1 aromatic carbocycles. The Bertz CT molecular complexity index is 759. The second-order valence-corrected chi connectivity index (χ2v) is 9.36. The minimum atomic E-state index is 0.234. The summed E-state index contributed by atoms with van der Waals surface area (Å²) >= 11 is 0. The number of benzene rings is 1. The molecule has 1 N–H and O–H groups in total. The number of allylic oxidation sites excluding steroid dienone is 4. The zero-order valence-corrected chi connectivity index (χ0v) is 17.9. The van der Waals surface area contributed by atoms with Gasteiger partial charge in [0, 0.05) is 31.9 Å². The van der Waals surface area contributed by atoms with Gasteiger partial charge in [0.05, 0.1) is 0 Å². The molecule has 1 heterocycles. The third-order valence-electron chi connectivity index (χ3n) is 6.38. The van der Waals surface area contributed by atoms with Crippen LogP contribution in [-0.4, -0.2) is 31.1 Å². The summed E-state index contributed by atoms with van der Waals surface area (Å²) < 4.78 is 0. The number of hydrogen-bond acceptors (Lipinski definition) is 2. The summed E-state index contributed by atoms with van der Waals surface area (Å²) in [5, 5.41) is 3.41. The van der Waals surface area contributed by atoms with Crippen LogP contribution in [0.4, 0.5) is 0 Å². The molecular formula is C25H36N2. The van der Waals surface area contributed by atoms with Crippen LogP contribution in [0.15, 0.2) is 48.7 Å². The molecule has 2 aliphatic rings. The zero-order chi connectivity index (χ0) is 19.7. The first-order chi connectivity index (χ1) is 12.7. The average Bonchev–Trinajstić information content (AvgIpc) is 2.65. The third-order valence-corrected chi connectivity index (χ3v) is 6.38. The van der Waals surface area contributed by atoms with Crippen molar-refractivity contribution in [2.75, 3.05) is 26.2 Å². The van der Waals surface area contributed by atoms with E-state index in [1.54, 1.807) is 0 Å². The summed E-state index contributed by atoms with van der Waals surface area (Å²) in [5.74, 6) is 0. The van der Waals surface area contributed by atoms with Crippen LogP contribution in [0.5, 0.6) is 0 Å². The van der Waals surface area contributed by atoms with E-state index in [1.807, 2.05) is 0 Å². The number of rotatable bonds is 4. The molecule has 1 fully saturated rings. The van der Waals surface area contributed by atoms with Crippen LogP contribution in [0.1, 0.15) is 64.2 Å². The summed E-state index contributed by atoms with van der Waals surface area (Å²) in [7, 11) is 0. The Kier molecular flexibility index (Phi) is 5.67. The van der Waals surface area contributed by atoms with Crippen molar-refractivity contribution in [1.82, 2.24) is 10.2 Å². The first kappa shape index (κ1) is 19.9. The van der Waals surface area contributed by atoms with Crippen LogP contribution in [0, 0.1) is 0 Å². The van der Waals surface area contributed by atoms with Gasteiger partial charge in [-0.15, -0.1) is 0 Å². The Labute approximate surface area is 166 Å². The highest BCUT2D eigenvalue weighted by molar-refractivity contribution is 5.76. The molecule has 2 nitrogen and oxygen atoms in total. The molecule has 0 atom stereocenters. The van der Waals surface area contributed by atoms with Crippen molar-refractivity contribution >= 4 is 5.57 Å². The summed E-state index contributed by atoms with van der Waals surface area (Å²) in [5.41, 5.74) is 7.19. The molecule has 0 bridgehead atoms. The molecule has 2 heteroatoms. The van der Waals surface area contributed by atoms with E-state index in [2.05, 4.69) is 87.8 Å². The number of piperazine rings is 1. The van der Waals surface area contributed by atoms with Gasteiger partial charge in [0.2, 0.25) is 0 Å². The fourth-order valence-corrected chi connectivity index (χ4v) is 4.40. The van der Waals surface area contributed by atoms with E-state index in [4.69, 9.17) is 0 Å². The van der Waals surface area contributed by atoms with E-state index in [9.17, 15) is 0 Å². The highest BCUT2D eigenvalue weighted by Crippen LogP contribution is 2.46. The second-order valence-electron chi connectivity index (χ2n) is 9.36. The lowest BCUT2D eigenvalue weighted by atomic mass is 9.63. The number of fused-ring (bicyclic) bond motifs is 1. The lowest BCUT2D eigenvalue weighted by Gasteiger charge is -2.42. The van der Waals surface area contributed by atoms with Gasteiger partial charge in [0.15, 0.2) is 0 Å². The van der Waals surface area contributed by atoms with Crippen molar-refractivity contribution in [3.05, 3.63) is 65.4 Å². The minimum absolute atomic E-state index is 0.234. The normalized spacial score (nSPS) is 22.0. The molecule has 1 aliphatic carbocycles. The molecule has 0 saturated carbocycles. The fourth-order valence-electron chi connectivity index (χ4n) is 4.40. The highest BCUT2D eigenvalue weighted by Gasteiger charge is 2.37. The zero-order valence-electron chi connectivity index (χ0n) is 17.9. The van der Waals surface area contributed by atoms with Gasteiger partial charge in [0.1, 0.15) is 0 Å². The van der Waals surface area contributed by atoms with Crippen LogP contribution in [0.3, 0.4) is 0 Å². The molecule has 0 radical (unpaired) electrons. The van der Waals surface area contributed by atoms with E-state index < -0.39 is 0 Å². The Morgan fingerprint density at radius 1 is 1.04 bits per heavy atom. The van der Waals surface area contributed by atoms with E-state index in [0.717, 1.165) is 31.9 Å². The predicted octanol–water partition coefficient (Wildman–Crippen LogP) is 5.41. The van der Waals surface area contributed by atoms with Crippen molar-refractivity contribution < 1.29 is 0 Å². The van der Waals surface area contributed by atoms with Gasteiger partial charge in [0.25, 0.3) is 0 Å². The SMILES string of the molecule is C=C(/C=C(\C=C/C)c1ccc2c(c1)C(C)(C)CCC2(C)C)N1CCNCC1. The van der Waals surface area contributed by atoms with Crippen molar-refractivity contribution in [3.63, 3.8) is 0 Å². The van der Waals surface area contributed by atoms with Crippen molar-refractivity contribution in [2.45, 2.75) is 58.3 Å². The highest BCUT2D eigenvalue weighted by atomic mass is 15.2. The lowest BCUT2D eigenvalue weighted by molar-refractivity contribution is 0.308. The van der Waals surface area contributed by atoms with Gasteiger partial charge in [-0.05, 0) is 58.9 Å². The second kappa shape index (κ2) is 7.67. The number of hydrogen-bond donors (Lipinski definition) is 1. The van der Waals surface area contributed by atoms with Gasteiger partial charge in [-0.3, -0.25) is 0 Å². The van der Waals surface area contributed by atoms with Crippen molar-refractivity contribution in [1.29, 1.82) is 0 Å². The Morgan fingerprint density at radius 3 is 2.30 bits per heavy atom. The molecule has 3 rings (SSSR count). The van der Waals surface area contributed by atoms with Crippen LogP contribution in [0.2, 0.25) is 0 Å². The van der Waals surface area contributed by atoms with Gasteiger partial charge >= 0.3 is 0 Å². The number of nitrogens with zero attached hydrogens (tertiary/aromatic N) is 1. The van der Waals surface area contributed by atoms with E-state index in [-0.39, 0.29) is 10.8 Å². The first-order valence-electron chi connectivity index (χ1n) is 10.4. The van der Waals surface area contributed by atoms with Gasteiger partial charge in [-0.25, -0.2) is 0 Å². The Morgan fingerprint density at radius 2 is 1.67 bits per heavy atom. The molecule has 27 heavy (non-hydrogen) atoms. The summed E-state index contributed by atoms with van der Waals surface area (Å²) in [4.78, 5) is 2.38. The van der Waals surface area contributed by atoms with Crippen LogP contribution >= 0.6 is 0 Å². The molecule has 0 unspecified atom stereocenters. The minimum Gasteiger partial charge on any atom is -0.369 e. The van der Waals surface area contributed by atoms with Crippen LogP contribution in [-0.2, 0) is 10.8 Å². The first-order valence-corrected chi connectivity index (χ1v) is 10.4. The maximum absolute atomic E-state index is 4.35. The fraction of sp³-hybridized carbons (Fsp3) is 0.520. The maximum Gasteiger partial charge on any atom is 0.0303 e. The Balaban J connectivity index is 1.99. The molecule has 0 amide bonds. The summed E-state index contributed by atoms with van der Waals surface area (Å²) in [6.07, 6.45) is 9.10. The summed E-state index contributed by atoms with van der Waals surface area (Å²) in [6, 6.07) is 7.11. The van der Waals surface area contributed by atoms with Crippen LogP contribution in [0.25, 0.3) is 5.57 Å². The van der Waals surface area contributed by atoms with Crippen LogP contribution < -0.4 is 5.32 Å². The molecule has 1 saturated heterocycles. The largest absolute Gasteiger partial charge is 0.369 e. The van der Waals surface area contributed by atoms with Gasteiger partial charge in [-0.2, -0.15) is 0 Å². The quantitative estimate of drug-likeness (QED) is 0.718. The molecule has 0 aromatic heterocycles. The van der Waals surface area contributed by atoms with Crippen molar-refractivity contribution in [2.24, 2.45) is 0 Å². The van der Waals surface area contributed by atoms with E-state index in [1.165, 1.54) is 35.1 Å². The molecule has 1 aromatic rings.